The van der Waals surface area contributed by atoms with Crippen molar-refractivity contribution in [3.8, 4) is 5.75 Å². The number of nitrogens with zero attached hydrogens (tertiary/aromatic N) is 1. The van der Waals surface area contributed by atoms with Crippen molar-refractivity contribution in [2.75, 3.05) is 12.4 Å². The van der Waals surface area contributed by atoms with Gasteiger partial charge in [-0.2, -0.15) is 0 Å². The van der Waals surface area contributed by atoms with Gasteiger partial charge in [0.05, 0.1) is 7.11 Å². The highest BCUT2D eigenvalue weighted by Gasteiger charge is 2.07. The second kappa shape index (κ2) is 7.93. The van der Waals surface area contributed by atoms with Crippen LogP contribution in [0.1, 0.15) is 46.0 Å². The number of pyridine rings is 1. The van der Waals surface area contributed by atoms with Gasteiger partial charge in [-0.3, -0.25) is 0 Å². The third-order valence-corrected chi connectivity index (χ3v) is 2.86. The van der Waals surface area contributed by atoms with Crippen LogP contribution in [0.4, 0.5) is 5.82 Å². The Kier molecular flexibility index (Phi) is 6.45. The van der Waals surface area contributed by atoms with Crippen LogP contribution >= 0.6 is 0 Å². The lowest BCUT2D eigenvalue weighted by Gasteiger charge is -2.16. The van der Waals surface area contributed by atoms with Gasteiger partial charge in [-0.05, 0) is 25.5 Å². The number of methoxy groups -OCH3 is 1. The minimum absolute atomic E-state index is 0.440. The number of rotatable bonds is 8. The Hall–Kier alpha value is -1.25. The van der Waals surface area contributed by atoms with Gasteiger partial charge in [0.25, 0.3) is 0 Å². The van der Waals surface area contributed by atoms with E-state index in [0.717, 1.165) is 11.6 Å². The van der Waals surface area contributed by atoms with Gasteiger partial charge in [-0.1, -0.05) is 32.6 Å². The molecule has 0 aliphatic rings. The van der Waals surface area contributed by atoms with Crippen molar-refractivity contribution in [2.24, 2.45) is 0 Å². The Labute approximate surface area is 105 Å². The highest BCUT2D eigenvalue weighted by Crippen LogP contribution is 2.21. The van der Waals surface area contributed by atoms with E-state index in [-0.39, 0.29) is 0 Å². The molecule has 0 fully saturated rings. The van der Waals surface area contributed by atoms with Crippen LogP contribution in [-0.4, -0.2) is 18.1 Å². The van der Waals surface area contributed by atoms with Crippen molar-refractivity contribution in [2.45, 2.75) is 52.0 Å². The van der Waals surface area contributed by atoms with Gasteiger partial charge in [0.1, 0.15) is 0 Å². The Morgan fingerprint density at radius 1 is 1.35 bits per heavy atom. The highest BCUT2D eigenvalue weighted by molar-refractivity contribution is 5.49. The molecule has 1 atom stereocenters. The van der Waals surface area contributed by atoms with Crippen LogP contribution in [0.15, 0.2) is 18.3 Å². The first-order chi connectivity index (χ1) is 8.27. The molecule has 0 aromatic carbocycles. The van der Waals surface area contributed by atoms with E-state index in [9.17, 15) is 0 Å². The summed E-state index contributed by atoms with van der Waals surface area (Å²) in [6.45, 7) is 4.43. The summed E-state index contributed by atoms with van der Waals surface area (Å²) in [7, 11) is 1.67. The van der Waals surface area contributed by atoms with Crippen molar-refractivity contribution in [3.05, 3.63) is 18.3 Å². The number of unbranched alkanes of at least 4 members (excludes halogenated alkanes) is 3. The van der Waals surface area contributed by atoms with Crippen molar-refractivity contribution < 1.29 is 4.74 Å². The summed E-state index contributed by atoms with van der Waals surface area (Å²) in [6.07, 6.45) is 8.18. The number of aromatic nitrogens is 1. The molecule has 1 aromatic rings. The van der Waals surface area contributed by atoms with Crippen LogP contribution in [0.3, 0.4) is 0 Å². The van der Waals surface area contributed by atoms with Crippen molar-refractivity contribution >= 4 is 5.82 Å². The number of nitrogens with one attached hydrogen (secondary N) is 1. The van der Waals surface area contributed by atoms with Gasteiger partial charge in [-0.15, -0.1) is 0 Å². The summed E-state index contributed by atoms with van der Waals surface area (Å²) in [5.41, 5.74) is 0. The van der Waals surface area contributed by atoms with Gasteiger partial charge in [0.15, 0.2) is 11.6 Å². The third-order valence-electron chi connectivity index (χ3n) is 2.86. The van der Waals surface area contributed by atoms with Gasteiger partial charge < -0.3 is 10.1 Å². The average Bonchev–Trinajstić information content (AvgIpc) is 2.35. The first-order valence-corrected chi connectivity index (χ1v) is 6.53. The molecule has 1 N–H and O–H groups in total. The quantitative estimate of drug-likeness (QED) is 0.696. The molecule has 96 valence electrons. The van der Waals surface area contributed by atoms with Crippen LogP contribution in [-0.2, 0) is 0 Å². The molecule has 0 saturated heterocycles. The standard InChI is InChI=1S/C14H24N2O/c1-4-5-6-7-9-12(2)16-14-13(17-3)10-8-11-15-14/h8,10-12H,4-7,9H2,1-3H3,(H,15,16). The SMILES string of the molecule is CCCCCCC(C)Nc1ncccc1OC. The van der Waals surface area contributed by atoms with Gasteiger partial charge in [0.2, 0.25) is 0 Å². The lowest BCUT2D eigenvalue weighted by molar-refractivity contribution is 0.414. The van der Waals surface area contributed by atoms with Crippen LogP contribution in [0.2, 0.25) is 0 Å². The maximum atomic E-state index is 5.26. The van der Waals surface area contributed by atoms with Gasteiger partial charge in [0, 0.05) is 12.2 Å². The molecule has 1 unspecified atom stereocenters. The topological polar surface area (TPSA) is 34.2 Å². The fourth-order valence-electron chi connectivity index (χ4n) is 1.85. The summed E-state index contributed by atoms with van der Waals surface area (Å²) in [5.74, 6) is 1.66. The second-order valence-electron chi connectivity index (χ2n) is 4.45. The van der Waals surface area contributed by atoms with E-state index in [0.29, 0.717) is 6.04 Å². The molecule has 1 aromatic heterocycles. The molecule has 3 heteroatoms. The normalized spacial score (nSPS) is 12.2. The molecule has 3 nitrogen and oxygen atoms in total. The molecule has 0 amide bonds. The van der Waals surface area contributed by atoms with E-state index in [4.69, 9.17) is 4.74 Å². The van der Waals surface area contributed by atoms with Crippen LogP contribution in [0.5, 0.6) is 5.75 Å². The van der Waals surface area contributed by atoms with Crippen molar-refractivity contribution in [1.29, 1.82) is 0 Å². The number of hydrogen-bond acceptors (Lipinski definition) is 3. The molecular formula is C14H24N2O. The van der Waals surface area contributed by atoms with E-state index in [2.05, 4.69) is 24.1 Å². The molecule has 0 spiro atoms. The third kappa shape index (κ3) is 5.07. The molecule has 0 aliphatic carbocycles. The van der Waals surface area contributed by atoms with Gasteiger partial charge in [-0.25, -0.2) is 4.98 Å². The van der Waals surface area contributed by atoms with E-state index < -0.39 is 0 Å². The first kappa shape index (κ1) is 13.8. The van der Waals surface area contributed by atoms with Crippen LogP contribution < -0.4 is 10.1 Å². The molecule has 0 radical (unpaired) electrons. The number of anilines is 1. The largest absolute Gasteiger partial charge is 0.493 e. The fraction of sp³-hybridized carbons (Fsp3) is 0.643. The van der Waals surface area contributed by atoms with Crippen molar-refractivity contribution in [1.82, 2.24) is 4.98 Å². The Morgan fingerprint density at radius 3 is 2.88 bits per heavy atom. The van der Waals surface area contributed by atoms with Crippen molar-refractivity contribution in [3.63, 3.8) is 0 Å². The average molecular weight is 236 g/mol. The van der Waals surface area contributed by atoms with Crippen LogP contribution in [0, 0.1) is 0 Å². The lowest BCUT2D eigenvalue weighted by atomic mass is 10.1. The highest BCUT2D eigenvalue weighted by atomic mass is 16.5. The molecule has 1 rings (SSSR count). The summed E-state index contributed by atoms with van der Waals surface area (Å²) >= 11 is 0. The molecule has 0 bridgehead atoms. The zero-order valence-corrected chi connectivity index (χ0v) is 11.2. The molecule has 17 heavy (non-hydrogen) atoms. The minimum atomic E-state index is 0.440. The molecular weight excluding hydrogens is 212 g/mol. The summed E-state index contributed by atoms with van der Waals surface area (Å²) in [5, 5.41) is 3.40. The number of ether oxygens (including phenoxy) is 1. The maximum absolute atomic E-state index is 5.26. The number of hydrogen-bond donors (Lipinski definition) is 1. The molecule has 0 saturated carbocycles. The van der Waals surface area contributed by atoms with E-state index in [1.165, 1.54) is 32.1 Å². The van der Waals surface area contributed by atoms with Crippen LogP contribution in [0.25, 0.3) is 0 Å². The Balaban J connectivity index is 2.36. The minimum Gasteiger partial charge on any atom is -0.493 e. The Morgan fingerprint density at radius 2 is 2.18 bits per heavy atom. The second-order valence-corrected chi connectivity index (χ2v) is 4.45. The monoisotopic (exact) mass is 236 g/mol. The van der Waals surface area contributed by atoms with E-state index in [1.807, 2.05) is 12.1 Å². The zero-order valence-electron chi connectivity index (χ0n) is 11.2. The Bertz CT molecular complexity index is 315. The predicted octanol–water partition coefficient (Wildman–Crippen LogP) is 3.86. The summed E-state index contributed by atoms with van der Waals surface area (Å²) in [4.78, 5) is 4.30. The fourth-order valence-corrected chi connectivity index (χ4v) is 1.85. The lowest BCUT2D eigenvalue weighted by Crippen LogP contribution is -2.16. The smallest absolute Gasteiger partial charge is 0.168 e. The zero-order chi connectivity index (χ0) is 12.5. The summed E-state index contributed by atoms with van der Waals surface area (Å²) < 4.78 is 5.26. The predicted molar refractivity (Wildman–Crippen MR) is 72.6 cm³/mol. The maximum Gasteiger partial charge on any atom is 0.168 e. The molecule has 0 aliphatic heterocycles. The molecule has 1 heterocycles. The first-order valence-electron chi connectivity index (χ1n) is 6.53. The van der Waals surface area contributed by atoms with E-state index >= 15 is 0 Å². The summed E-state index contributed by atoms with van der Waals surface area (Å²) in [6, 6.07) is 4.25. The van der Waals surface area contributed by atoms with Gasteiger partial charge >= 0.3 is 0 Å². The van der Waals surface area contributed by atoms with E-state index in [1.54, 1.807) is 13.3 Å².